The van der Waals surface area contributed by atoms with Crippen LogP contribution >= 0.6 is 0 Å². The highest BCUT2D eigenvalue weighted by atomic mass is 16.5. The van der Waals surface area contributed by atoms with E-state index in [1.165, 1.54) is 5.56 Å². The first-order chi connectivity index (χ1) is 12.3. The van der Waals surface area contributed by atoms with Crippen LogP contribution in [-0.2, 0) is 16.1 Å². The van der Waals surface area contributed by atoms with Gasteiger partial charge in [-0.3, -0.25) is 0 Å². The van der Waals surface area contributed by atoms with Crippen molar-refractivity contribution in [1.29, 1.82) is 0 Å². The molecule has 0 amide bonds. The maximum Gasteiger partial charge on any atom is 0.357 e. The second-order valence-electron chi connectivity index (χ2n) is 5.70. The standard InChI is InChI=1S/C21H25NO3/c1-2-10-19(25-21(23)20-14-6-8-15-22-20)13-7-9-16-24-17-18-11-4-3-5-12-18/h3-8,11-15,19H,2,9-10,16-17H2,1H3/b13-7-/t19-/m0/s1. The molecule has 132 valence electrons. The van der Waals surface area contributed by atoms with E-state index in [0.29, 0.717) is 18.9 Å². The minimum atomic E-state index is -0.385. The zero-order valence-corrected chi connectivity index (χ0v) is 14.6. The van der Waals surface area contributed by atoms with Crippen molar-refractivity contribution in [3.05, 3.63) is 78.1 Å². The smallest absolute Gasteiger partial charge is 0.357 e. The Balaban J connectivity index is 1.72. The number of carbonyl (C=O) groups is 1. The van der Waals surface area contributed by atoms with Crippen LogP contribution in [0.25, 0.3) is 0 Å². The topological polar surface area (TPSA) is 48.4 Å². The highest BCUT2D eigenvalue weighted by Crippen LogP contribution is 2.09. The molecule has 0 fully saturated rings. The maximum absolute atomic E-state index is 12.1. The summed E-state index contributed by atoms with van der Waals surface area (Å²) in [5, 5.41) is 0. The summed E-state index contributed by atoms with van der Waals surface area (Å²) in [4.78, 5) is 16.1. The first-order valence-corrected chi connectivity index (χ1v) is 8.70. The number of hydrogen-bond acceptors (Lipinski definition) is 4. The third kappa shape index (κ3) is 7.31. The second-order valence-corrected chi connectivity index (χ2v) is 5.70. The zero-order valence-electron chi connectivity index (χ0n) is 14.6. The molecule has 0 spiro atoms. The van der Waals surface area contributed by atoms with Gasteiger partial charge < -0.3 is 9.47 Å². The Morgan fingerprint density at radius 1 is 1.16 bits per heavy atom. The molecule has 0 saturated carbocycles. The van der Waals surface area contributed by atoms with Gasteiger partial charge in [-0.2, -0.15) is 0 Å². The Kier molecular flexibility index (Phi) is 8.42. The largest absolute Gasteiger partial charge is 0.453 e. The molecular weight excluding hydrogens is 314 g/mol. The summed E-state index contributed by atoms with van der Waals surface area (Å²) >= 11 is 0. The molecule has 2 rings (SSSR count). The van der Waals surface area contributed by atoms with E-state index >= 15 is 0 Å². The molecule has 25 heavy (non-hydrogen) atoms. The summed E-state index contributed by atoms with van der Waals surface area (Å²) in [5.41, 5.74) is 1.50. The summed E-state index contributed by atoms with van der Waals surface area (Å²) in [7, 11) is 0. The Labute approximate surface area is 149 Å². The number of hydrogen-bond donors (Lipinski definition) is 0. The van der Waals surface area contributed by atoms with Crippen molar-refractivity contribution in [2.75, 3.05) is 6.61 Å². The quantitative estimate of drug-likeness (QED) is 0.361. The minimum Gasteiger partial charge on any atom is -0.453 e. The van der Waals surface area contributed by atoms with Crippen molar-refractivity contribution < 1.29 is 14.3 Å². The van der Waals surface area contributed by atoms with Gasteiger partial charge in [0.05, 0.1) is 13.2 Å². The molecule has 0 saturated heterocycles. The molecule has 4 heteroatoms. The number of nitrogens with zero attached hydrogens (tertiary/aromatic N) is 1. The van der Waals surface area contributed by atoms with Gasteiger partial charge in [-0.15, -0.1) is 0 Å². The van der Waals surface area contributed by atoms with Crippen LogP contribution < -0.4 is 0 Å². The van der Waals surface area contributed by atoms with Crippen molar-refractivity contribution in [2.24, 2.45) is 0 Å². The molecule has 1 heterocycles. The first kappa shape index (κ1) is 18.9. The lowest BCUT2D eigenvalue weighted by atomic mass is 10.2. The van der Waals surface area contributed by atoms with Crippen LogP contribution in [0.2, 0.25) is 0 Å². The van der Waals surface area contributed by atoms with Gasteiger partial charge in [0.15, 0.2) is 0 Å². The Bertz CT molecular complexity index is 641. The summed E-state index contributed by atoms with van der Waals surface area (Å²) in [5.74, 6) is -0.385. The normalized spacial score (nSPS) is 12.2. The van der Waals surface area contributed by atoms with E-state index in [-0.39, 0.29) is 12.1 Å². The van der Waals surface area contributed by atoms with Gasteiger partial charge in [-0.05, 0) is 36.6 Å². The van der Waals surface area contributed by atoms with Crippen LogP contribution in [-0.4, -0.2) is 23.7 Å². The van der Waals surface area contributed by atoms with Crippen LogP contribution in [0.4, 0.5) is 0 Å². The van der Waals surface area contributed by atoms with Gasteiger partial charge in [0.25, 0.3) is 0 Å². The number of carbonyl (C=O) groups excluding carboxylic acids is 1. The van der Waals surface area contributed by atoms with Crippen LogP contribution in [0.15, 0.2) is 66.9 Å². The number of esters is 1. The second kappa shape index (κ2) is 11.2. The van der Waals surface area contributed by atoms with Gasteiger partial charge in [-0.1, -0.05) is 55.8 Å². The molecule has 0 N–H and O–H groups in total. The van der Waals surface area contributed by atoms with Gasteiger partial charge in [0, 0.05) is 6.20 Å². The van der Waals surface area contributed by atoms with Gasteiger partial charge in [0.2, 0.25) is 0 Å². The number of pyridine rings is 1. The van der Waals surface area contributed by atoms with E-state index in [1.54, 1.807) is 24.4 Å². The third-order valence-electron chi connectivity index (χ3n) is 3.60. The first-order valence-electron chi connectivity index (χ1n) is 8.70. The molecule has 2 aromatic rings. The molecule has 1 aromatic heterocycles. The van der Waals surface area contributed by atoms with E-state index in [0.717, 1.165) is 19.3 Å². The van der Waals surface area contributed by atoms with Crippen LogP contribution in [0.5, 0.6) is 0 Å². The molecule has 0 aliphatic heterocycles. The van der Waals surface area contributed by atoms with Crippen molar-refractivity contribution in [3.8, 4) is 0 Å². The summed E-state index contributed by atoms with van der Waals surface area (Å²) in [6.45, 7) is 3.32. The van der Waals surface area contributed by atoms with Crippen molar-refractivity contribution in [3.63, 3.8) is 0 Å². The molecule has 1 atom stereocenters. The Morgan fingerprint density at radius 2 is 1.96 bits per heavy atom. The number of aromatic nitrogens is 1. The number of ether oxygens (including phenoxy) is 2. The molecule has 0 aliphatic carbocycles. The van der Waals surface area contributed by atoms with Gasteiger partial charge >= 0.3 is 5.97 Å². The molecular formula is C21H25NO3. The van der Waals surface area contributed by atoms with Crippen molar-refractivity contribution in [1.82, 2.24) is 4.98 Å². The monoisotopic (exact) mass is 339 g/mol. The predicted molar refractivity (Wildman–Crippen MR) is 98.2 cm³/mol. The SMILES string of the molecule is CCC[C@@H](/C=C\CCOCc1ccccc1)OC(=O)c1ccccn1. The van der Waals surface area contributed by atoms with Gasteiger partial charge in [0.1, 0.15) is 11.8 Å². The summed E-state index contributed by atoms with van der Waals surface area (Å²) in [6.07, 6.45) is 7.83. The third-order valence-corrected chi connectivity index (χ3v) is 3.60. The lowest BCUT2D eigenvalue weighted by Crippen LogP contribution is -2.17. The van der Waals surface area contributed by atoms with Gasteiger partial charge in [-0.25, -0.2) is 9.78 Å². The van der Waals surface area contributed by atoms with E-state index in [1.807, 2.05) is 42.5 Å². The molecule has 4 nitrogen and oxygen atoms in total. The van der Waals surface area contributed by atoms with E-state index in [2.05, 4.69) is 11.9 Å². The predicted octanol–water partition coefficient (Wildman–Crippen LogP) is 4.57. The number of benzene rings is 1. The van der Waals surface area contributed by atoms with E-state index in [4.69, 9.17) is 9.47 Å². The lowest BCUT2D eigenvalue weighted by Gasteiger charge is -2.13. The zero-order chi connectivity index (χ0) is 17.7. The number of rotatable bonds is 10. The van der Waals surface area contributed by atoms with E-state index in [9.17, 15) is 4.79 Å². The average molecular weight is 339 g/mol. The van der Waals surface area contributed by atoms with Crippen molar-refractivity contribution in [2.45, 2.75) is 38.9 Å². The fourth-order valence-electron chi connectivity index (χ4n) is 2.32. The summed E-state index contributed by atoms with van der Waals surface area (Å²) in [6, 6.07) is 15.3. The van der Waals surface area contributed by atoms with E-state index < -0.39 is 0 Å². The highest BCUT2D eigenvalue weighted by Gasteiger charge is 2.13. The van der Waals surface area contributed by atoms with Crippen molar-refractivity contribution >= 4 is 5.97 Å². The minimum absolute atomic E-state index is 0.228. The Morgan fingerprint density at radius 3 is 2.68 bits per heavy atom. The molecule has 0 aliphatic rings. The van der Waals surface area contributed by atoms with Crippen LogP contribution in [0, 0.1) is 0 Å². The summed E-state index contributed by atoms with van der Waals surface area (Å²) < 4.78 is 11.2. The highest BCUT2D eigenvalue weighted by molar-refractivity contribution is 5.87. The maximum atomic E-state index is 12.1. The molecule has 0 unspecified atom stereocenters. The molecule has 0 radical (unpaired) electrons. The fourth-order valence-corrected chi connectivity index (χ4v) is 2.32. The van der Waals surface area contributed by atoms with Crippen LogP contribution in [0.1, 0.15) is 42.2 Å². The Hall–Kier alpha value is -2.46. The van der Waals surface area contributed by atoms with Crippen LogP contribution in [0.3, 0.4) is 0 Å². The molecule has 0 bridgehead atoms. The molecule has 1 aromatic carbocycles. The average Bonchev–Trinajstić information content (AvgIpc) is 2.66. The lowest BCUT2D eigenvalue weighted by molar-refractivity contribution is 0.0371. The fraction of sp³-hybridized carbons (Fsp3) is 0.333.